The first-order valence-electron chi connectivity index (χ1n) is 9.18. The number of nitriles is 1. The van der Waals surface area contributed by atoms with Gasteiger partial charge in [0.15, 0.2) is 0 Å². The van der Waals surface area contributed by atoms with Crippen LogP contribution < -0.4 is 11.1 Å². The predicted molar refractivity (Wildman–Crippen MR) is 105 cm³/mol. The van der Waals surface area contributed by atoms with E-state index < -0.39 is 0 Å². The van der Waals surface area contributed by atoms with Crippen molar-refractivity contribution in [3.8, 4) is 28.6 Å². The van der Waals surface area contributed by atoms with Crippen molar-refractivity contribution >= 4 is 11.4 Å². The Morgan fingerprint density at radius 3 is 2.96 bits per heavy atom. The molecule has 1 aliphatic heterocycles. The Kier molecular flexibility index (Phi) is 4.47. The van der Waals surface area contributed by atoms with Gasteiger partial charge in [0, 0.05) is 30.0 Å². The van der Waals surface area contributed by atoms with Crippen molar-refractivity contribution in [1.82, 2.24) is 19.7 Å². The number of aryl methyl sites for hydroxylation is 1. The first kappa shape index (κ1) is 17.0. The van der Waals surface area contributed by atoms with Crippen molar-refractivity contribution in [2.45, 2.75) is 32.7 Å². The molecule has 136 valence electrons. The van der Waals surface area contributed by atoms with Gasteiger partial charge in [-0.25, -0.2) is 9.97 Å². The van der Waals surface area contributed by atoms with E-state index in [0.29, 0.717) is 5.69 Å². The fourth-order valence-electron chi connectivity index (χ4n) is 3.57. The molecule has 1 aliphatic rings. The monoisotopic (exact) mass is 359 g/mol. The van der Waals surface area contributed by atoms with Gasteiger partial charge in [0.25, 0.3) is 0 Å². The number of rotatable bonds is 4. The van der Waals surface area contributed by atoms with Gasteiger partial charge in [0.2, 0.25) is 5.82 Å². The zero-order valence-corrected chi connectivity index (χ0v) is 15.2. The van der Waals surface area contributed by atoms with Crippen LogP contribution in [0.4, 0.5) is 11.4 Å². The second-order valence-electron chi connectivity index (χ2n) is 6.57. The molecule has 3 heterocycles. The lowest BCUT2D eigenvalue weighted by atomic mass is 9.98. The topological polar surface area (TPSA) is 105 Å². The van der Waals surface area contributed by atoms with Gasteiger partial charge >= 0.3 is 0 Å². The van der Waals surface area contributed by atoms with Crippen molar-refractivity contribution < 1.29 is 0 Å². The van der Waals surface area contributed by atoms with Crippen LogP contribution in [0.2, 0.25) is 0 Å². The second-order valence-corrected chi connectivity index (χ2v) is 6.57. The molecule has 2 aromatic heterocycles. The van der Waals surface area contributed by atoms with E-state index in [1.807, 2.05) is 37.3 Å². The third-order valence-corrected chi connectivity index (χ3v) is 4.74. The van der Waals surface area contributed by atoms with Crippen molar-refractivity contribution in [2.24, 2.45) is 0 Å². The first-order valence-corrected chi connectivity index (χ1v) is 9.18. The minimum Gasteiger partial charge on any atom is -0.399 e. The Bertz CT molecular complexity index is 1030. The highest BCUT2D eigenvalue weighted by atomic mass is 15.3. The van der Waals surface area contributed by atoms with Crippen LogP contribution in [0, 0.1) is 11.3 Å². The zero-order valence-electron chi connectivity index (χ0n) is 15.2. The molecule has 7 nitrogen and oxygen atoms in total. The maximum atomic E-state index is 9.31. The van der Waals surface area contributed by atoms with E-state index in [1.165, 1.54) is 0 Å². The molecule has 0 saturated heterocycles. The molecule has 0 bridgehead atoms. The summed E-state index contributed by atoms with van der Waals surface area (Å²) in [4.78, 5) is 8.68. The van der Waals surface area contributed by atoms with Gasteiger partial charge in [-0.15, -0.1) is 0 Å². The smallest absolute Gasteiger partial charge is 0.232 e. The van der Waals surface area contributed by atoms with E-state index in [4.69, 9.17) is 10.8 Å². The summed E-state index contributed by atoms with van der Waals surface area (Å²) in [5.74, 6) is 0.154. The van der Waals surface area contributed by atoms with E-state index in [1.54, 1.807) is 6.20 Å². The highest BCUT2D eigenvalue weighted by Gasteiger charge is 2.26. The van der Waals surface area contributed by atoms with Crippen LogP contribution in [-0.4, -0.2) is 26.3 Å². The molecule has 0 amide bonds. The molecular weight excluding hydrogens is 338 g/mol. The quantitative estimate of drug-likeness (QED) is 0.693. The molecule has 0 spiro atoms. The van der Waals surface area contributed by atoms with Crippen LogP contribution in [-0.2, 0) is 13.0 Å². The number of anilines is 2. The van der Waals surface area contributed by atoms with E-state index in [2.05, 4.69) is 20.0 Å². The van der Waals surface area contributed by atoms with E-state index >= 15 is 0 Å². The highest BCUT2D eigenvalue weighted by molar-refractivity contribution is 5.87. The maximum absolute atomic E-state index is 9.31. The number of nitrogens with two attached hydrogens (primary N) is 1. The molecule has 3 N–H and O–H groups in total. The van der Waals surface area contributed by atoms with E-state index in [9.17, 15) is 5.26 Å². The summed E-state index contributed by atoms with van der Waals surface area (Å²) in [6.07, 6.45) is 4.84. The first-order chi connectivity index (χ1) is 13.2. The molecule has 1 aromatic carbocycles. The Morgan fingerprint density at radius 2 is 2.19 bits per heavy atom. The van der Waals surface area contributed by atoms with Crippen LogP contribution in [0.25, 0.3) is 22.5 Å². The Balaban J connectivity index is 2.00. The van der Waals surface area contributed by atoms with Crippen LogP contribution >= 0.6 is 0 Å². The molecular formula is C20H21N7. The Hall–Kier alpha value is -3.40. The molecule has 0 fully saturated rings. The molecule has 3 aromatic rings. The minimum atomic E-state index is 0.154. The van der Waals surface area contributed by atoms with Gasteiger partial charge in [0.1, 0.15) is 17.5 Å². The molecule has 0 unspecified atom stereocenters. The van der Waals surface area contributed by atoms with Crippen molar-refractivity contribution in [3.05, 3.63) is 42.0 Å². The number of aromatic nitrogens is 4. The van der Waals surface area contributed by atoms with Gasteiger partial charge in [-0.2, -0.15) is 10.4 Å². The fraction of sp³-hybridized carbons (Fsp3) is 0.300. The second kappa shape index (κ2) is 7.08. The number of benzene rings is 1. The number of fused-ring (bicyclic) bond motifs is 1. The lowest BCUT2D eigenvalue weighted by Crippen LogP contribution is -2.12. The third kappa shape index (κ3) is 3.10. The highest BCUT2D eigenvalue weighted by Crippen LogP contribution is 2.39. The van der Waals surface area contributed by atoms with Gasteiger partial charge in [-0.1, -0.05) is 12.1 Å². The standard InChI is InChI=1S/C20H21N7/c1-2-23-15-12-24-17(11-21)25-20(15)18-16-8-3-4-9-27(16)26-19(18)13-6-5-7-14(22)10-13/h5-7,10,12,23H,2-4,8-9,22H2,1H3. The number of hydrogen-bond acceptors (Lipinski definition) is 6. The van der Waals surface area contributed by atoms with Crippen LogP contribution in [0.3, 0.4) is 0 Å². The average Bonchev–Trinajstić information content (AvgIpc) is 3.08. The lowest BCUT2D eigenvalue weighted by molar-refractivity contribution is 0.487. The zero-order chi connectivity index (χ0) is 18.8. The molecule has 27 heavy (non-hydrogen) atoms. The van der Waals surface area contributed by atoms with E-state index in [0.717, 1.165) is 66.2 Å². The molecule has 0 radical (unpaired) electrons. The number of hydrogen-bond donors (Lipinski definition) is 2. The predicted octanol–water partition coefficient (Wildman–Crippen LogP) is 3.23. The summed E-state index contributed by atoms with van der Waals surface area (Å²) in [6, 6.07) is 9.78. The fourth-order valence-corrected chi connectivity index (χ4v) is 3.57. The summed E-state index contributed by atoms with van der Waals surface area (Å²) in [7, 11) is 0. The maximum Gasteiger partial charge on any atom is 0.232 e. The van der Waals surface area contributed by atoms with Crippen molar-refractivity contribution in [2.75, 3.05) is 17.6 Å². The largest absolute Gasteiger partial charge is 0.399 e. The molecule has 0 saturated carbocycles. The lowest BCUT2D eigenvalue weighted by Gasteiger charge is -2.16. The molecule has 0 atom stereocenters. The van der Waals surface area contributed by atoms with Crippen LogP contribution in [0.15, 0.2) is 30.5 Å². The van der Waals surface area contributed by atoms with Crippen molar-refractivity contribution in [1.29, 1.82) is 5.26 Å². The average molecular weight is 359 g/mol. The van der Waals surface area contributed by atoms with Gasteiger partial charge in [0.05, 0.1) is 17.4 Å². The number of nitrogens with one attached hydrogen (secondary N) is 1. The normalized spacial score (nSPS) is 13.0. The SMILES string of the molecule is CCNc1cnc(C#N)nc1-c1c(-c2cccc(N)c2)nn2c1CCCC2. The molecule has 7 heteroatoms. The summed E-state index contributed by atoms with van der Waals surface area (Å²) < 4.78 is 2.07. The van der Waals surface area contributed by atoms with Gasteiger partial charge < -0.3 is 11.1 Å². The Morgan fingerprint density at radius 1 is 1.30 bits per heavy atom. The minimum absolute atomic E-state index is 0.154. The van der Waals surface area contributed by atoms with Gasteiger partial charge in [-0.05, 0) is 38.3 Å². The summed E-state index contributed by atoms with van der Waals surface area (Å²) in [5, 5.41) is 17.5. The van der Waals surface area contributed by atoms with Crippen LogP contribution in [0.5, 0.6) is 0 Å². The molecule has 4 rings (SSSR count). The van der Waals surface area contributed by atoms with Gasteiger partial charge in [-0.3, -0.25) is 4.68 Å². The Labute approximate surface area is 157 Å². The van der Waals surface area contributed by atoms with E-state index in [-0.39, 0.29) is 5.82 Å². The third-order valence-electron chi connectivity index (χ3n) is 4.74. The summed E-state index contributed by atoms with van der Waals surface area (Å²) >= 11 is 0. The van der Waals surface area contributed by atoms with Crippen LogP contribution in [0.1, 0.15) is 31.3 Å². The summed E-state index contributed by atoms with van der Waals surface area (Å²) in [5.41, 5.74) is 12.2. The molecule has 0 aliphatic carbocycles. The number of nitrogens with zero attached hydrogens (tertiary/aromatic N) is 5. The van der Waals surface area contributed by atoms with Crippen molar-refractivity contribution in [3.63, 3.8) is 0 Å². The number of nitrogen functional groups attached to an aromatic ring is 1. The summed E-state index contributed by atoms with van der Waals surface area (Å²) in [6.45, 7) is 3.64.